The zero-order valence-corrected chi connectivity index (χ0v) is 9.98. The summed E-state index contributed by atoms with van der Waals surface area (Å²) < 4.78 is 6.46. The van der Waals surface area contributed by atoms with Gasteiger partial charge in [-0.05, 0) is 20.8 Å². The average Bonchev–Trinajstić information content (AvgIpc) is 2.63. The van der Waals surface area contributed by atoms with Gasteiger partial charge in [-0.3, -0.25) is 9.59 Å². The van der Waals surface area contributed by atoms with Gasteiger partial charge in [0, 0.05) is 7.05 Å². The number of carbonyl (C=O) groups is 2. The Labute approximate surface area is 94.4 Å². The van der Waals surface area contributed by atoms with Crippen LogP contribution in [-0.2, 0) is 16.6 Å². The fourth-order valence-electron chi connectivity index (χ4n) is 1.30. The van der Waals surface area contributed by atoms with Gasteiger partial charge in [-0.1, -0.05) is 0 Å². The lowest BCUT2D eigenvalue weighted by molar-refractivity contribution is -0.150. The molecule has 0 radical (unpaired) electrons. The van der Waals surface area contributed by atoms with E-state index in [0.717, 1.165) is 0 Å². The van der Waals surface area contributed by atoms with Crippen molar-refractivity contribution in [1.29, 1.82) is 0 Å². The predicted molar refractivity (Wildman–Crippen MR) is 58.0 cm³/mol. The van der Waals surface area contributed by atoms with Gasteiger partial charge in [0.25, 0.3) is 0 Å². The van der Waals surface area contributed by atoms with Crippen LogP contribution in [0, 0.1) is 5.41 Å². The number of ether oxygens (including phenoxy) is 1. The molecule has 0 fully saturated rings. The highest BCUT2D eigenvalue weighted by Crippen LogP contribution is 2.23. The lowest BCUT2D eigenvalue weighted by Crippen LogP contribution is -2.36. The number of ketones is 1. The molecule has 0 aromatic carbocycles. The number of Topliss-reactive ketones (excluding diaryl/α,β-unsaturated/α-hetero) is 1. The summed E-state index contributed by atoms with van der Waals surface area (Å²) in [5.41, 5.74) is -0.776. The summed E-state index contributed by atoms with van der Waals surface area (Å²) in [7, 11) is 1.71. The molecular weight excluding hydrogens is 208 g/mol. The Bertz CT molecular complexity index is 407. The van der Waals surface area contributed by atoms with Crippen LogP contribution in [0.25, 0.3) is 0 Å². The van der Waals surface area contributed by atoms with Crippen LogP contribution < -0.4 is 0 Å². The molecule has 0 aliphatic heterocycles. The highest BCUT2D eigenvalue weighted by Gasteiger charge is 2.39. The second-order valence-electron chi connectivity index (χ2n) is 4.06. The molecule has 88 valence electrons. The summed E-state index contributed by atoms with van der Waals surface area (Å²) in [4.78, 5) is 27.6. The molecular formula is C11H16N2O3. The molecule has 0 spiro atoms. The molecule has 0 bridgehead atoms. The first kappa shape index (κ1) is 12.4. The van der Waals surface area contributed by atoms with Gasteiger partial charge < -0.3 is 9.30 Å². The fourth-order valence-corrected chi connectivity index (χ4v) is 1.30. The van der Waals surface area contributed by atoms with E-state index >= 15 is 0 Å². The SMILES string of the molecule is CCOC(=O)C(C)(C)C(=O)c1cncn1C. The number of hydrogen-bond donors (Lipinski definition) is 0. The highest BCUT2D eigenvalue weighted by atomic mass is 16.5. The maximum absolute atomic E-state index is 12.1. The van der Waals surface area contributed by atoms with E-state index in [9.17, 15) is 9.59 Å². The Morgan fingerprint density at radius 1 is 1.50 bits per heavy atom. The molecule has 5 nitrogen and oxygen atoms in total. The van der Waals surface area contributed by atoms with Crippen molar-refractivity contribution >= 4 is 11.8 Å². The first-order chi connectivity index (χ1) is 7.41. The molecule has 0 saturated heterocycles. The molecule has 0 unspecified atom stereocenters. The molecule has 1 heterocycles. The van der Waals surface area contributed by atoms with Crippen LogP contribution in [0.3, 0.4) is 0 Å². The fraction of sp³-hybridized carbons (Fsp3) is 0.545. The van der Waals surface area contributed by atoms with Crippen molar-refractivity contribution in [2.75, 3.05) is 6.61 Å². The Balaban J connectivity index is 2.97. The molecule has 5 heteroatoms. The number of rotatable bonds is 4. The predicted octanol–water partition coefficient (Wildman–Crippen LogP) is 1.19. The third kappa shape index (κ3) is 2.13. The minimum Gasteiger partial charge on any atom is -0.465 e. The van der Waals surface area contributed by atoms with Crippen molar-refractivity contribution in [1.82, 2.24) is 9.55 Å². The number of esters is 1. The molecule has 0 N–H and O–H groups in total. The van der Waals surface area contributed by atoms with Crippen molar-refractivity contribution < 1.29 is 14.3 Å². The van der Waals surface area contributed by atoms with Gasteiger partial charge in [-0.15, -0.1) is 0 Å². The summed E-state index contributed by atoms with van der Waals surface area (Å²) in [6.45, 7) is 5.09. The van der Waals surface area contributed by atoms with Crippen molar-refractivity contribution in [3.63, 3.8) is 0 Å². The number of hydrogen-bond acceptors (Lipinski definition) is 4. The Morgan fingerprint density at radius 3 is 2.56 bits per heavy atom. The van der Waals surface area contributed by atoms with Gasteiger partial charge >= 0.3 is 5.97 Å². The minimum atomic E-state index is -1.18. The molecule has 16 heavy (non-hydrogen) atoms. The third-order valence-electron chi connectivity index (χ3n) is 2.40. The molecule has 0 aliphatic carbocycles. The van der Waals surface area contributed by atoms with Gasteiger partial charge in [0.2, 0.25) is 0 Å². The molecule has 1 aromatic rings. The van der Waals surface area contributed by atoms with E-state index in [4.69, 9.17) is 4.74 Å². The molecule has 1 aromatic heterocycles. The minimum absolute atomic E-state index is 0.265. The van der Waals surface area contributed by atoms with Gasteiger partial charge in [-0.25, -0.2) is 4.98 Å². The lowest BCUT2D eigenvalue weighted by atomic mass is 9.86. The number of carbonyl (C=O) groups excluding carboxylic acids is 2. The van der Waals surface area contributed by atoms with E-state index < -0.39 is 11.4 Å². The van der Waals surface area contributed by atoms with Gasteiger partial charge in [0.15, 0.2) is 5.78 Å². The Morgan fingerprint density at radius 2 is 2.12 bits per heavy atom. The van der Waals surface area contributed by atoms with Gasteiger partial charge in [0.05, 0.1) is 19.1 Å². The van der Waals surface area contributed by atoms with Crippen LogP contribution in [-0.4, -0.2) is 27.9 Å². The summed E-state index contributed by atoms with van der Waals surface area (Å²) in [6.07, 6.45) is 2.97. The first-order valence-electron chi connectivity index (χ1n) is 5.09. The van der Waals surface area contributed by atoms with Crippen molar-refractivity contribution in [2.45, 2.75) is 20.8 Å². The standard InChI is InChI=1S/C11H16N2O3/c1-5-16-10(15)11(2,3)9(14)8-6-12-7-13(8)4/h6-7H,5H2,1-4H3. The smallest absolute Gasteiger partial charge is 0.319 e. The monoisotopic (exact) mass is 224 g/mol. The number of imidazole rings is 1. The molecule has 0 saturated carbocycles. The van der Waals surface area contributed by atoms with Crippen LogP contribution in [0.2, 0.25) is 0 Å². The van der Waals surface area contributed by atoms with E-state index in [-0.39, 0.29) is 12.4 Å². The van der Waals surface area contributed by atoms with Crippen molar-refractivity contribution in [3.05, 3.63) is 18.2 Å². The average molecular weight is 224 g/mol. The Hall–Kier alpha value is -1.65. The Kier molecular flexibility index (Phi) is 3.47. The largest absolute Gasteiger partial charge is 0.465 e. The van der Waals surface area contributed by atoms with Crippen LogP contribution >= 0.6 is 0 Å². The molecule has 0 aliphatic rings. The quantitative estimate of drug-likeness (QED) is 0.438. The second kappa shape index (κ2) is 4.47. The van der Waals surface area contributed by atoms with E-state index in [1.54, 1.807) is 32.4 Å². The lowest BCUT2D eigenvalue weighted by Gasteiger charge is -2.20. The van der Waals surface area contributed by atoms with E-state index in [2.05, 4.69) is 4.98 Å². The normalized spacial score (nSPS) is 11.2. The molecule has 0 amide bonds. The first-order valence-corrected chi connectivity index (χ1v) is 5.09. The summed E-state index contributed by atoms with van der Waals surface area (Å²) in [5, 5.41) is 0. The topological polar surface area (TPSA) is 61.2 Å². The van der Waals surface area contributed by atoms with Crippen molar-refractivity contribution in [2.24, 2.45) is 12.5 Å². The zero-order chi connectivity index (χ0) is 12.3. The molecule has 1 rings (SSSR count). The van der Waals surface area contributed by atoms with Crippen LogP contribution in [0.15, 0.2) is 12.5 Å². The van der Waals surface area contributed by atoms with Gasteiger partial charge in [0.1, 0.15) is 11.1 Å². The van der Waals surface area contributed by atoms with E-state index in [1.165, 1.54) is 12.5 Å². The van der Waals surface area contributed by atoms with Crippen LogP contribution in [0.5, 0.6) is 0 Å². The third-order valence-corrected chi connectivity index (χ3v) is 2.40. The summed E-state index contributed by atoms with van der Waals surface area (Å²) >= 11 is 0. The van der Waals surface area contributed by atoms with Crippen LogP contribution in [0.4, 0.5) is 0 Å². The molecule has 0 atom stereocenters. The highest BCUT2D eigenvalue weighted by molar-refractivity contribution is 6.10. The van der Waals surface area contributed by atoms with Gasteiger partial charge in [-0.2, -0.15) is 0 Å². The zero-order valence-electron chi connectivity index (χ0n) is 9.98. The van der Waals surface area contributed by atoms with E-state index in [0.29, 0.717) is 5.69 Å². The summed E-state index contributed by atoms with van der Waals surface area (Å²) in [5.74, 6) is -0.799. The van der Waals surface area contributed by atoms with E-state index in [1.807, 2.05) is 0 Å². The number of aromatic nitrogens is 2. The van der Waals surface area contributed by atoms with Crippen LogP contribution in [0.1, 0.15) is 31.3 Å². The number of aryl methyl sites for hydroxylation is 1. The maximum Gasteiger partial charge on any atom is 0.319 e. The van der Waals surface area contributed by atoms with Crippen molar-refractivity contribution in [3.8, 4) is 0 Å². The summed E-state index contributed by atoms with van der Waals surface area (Å²) in [6, 6.07) is 0. The number of nitrogens with zero attached hydrogens (tertiary/aromatic N) is 2. The second-order valence-corrected chi connectivity index (χ2v) is 4.06. The maximum atomic E-state index is 12.1.